The normalized spacial score (nSPS) is 19.8. The standard InChI is InChI=1S/C21H23NO7/c1-26-13-7-10-5-6-22-18(11(10)8-14(13)27-2)19(24)16-12(23)9-15(28-3)20(29-4)17(16)21(22)25/h7-9,21,23-25H,5-6H2,1-4H3/p+1. The molecule has 154 valence electrons. The van der Waals surface area contributed by atoms with Crippen LogP contribution in [0.3, 0.4) is 0 Å². The number of quaternary nitrogens is 1. The van der Waals surface area contributed by atoms with Gasteiger partial charge in [0.15, 0.2) is 34.5 Å². The van der Waals surface area contributed by atoms with E-state index in [1.165, 1.54) is 20.3 Å². The van der Waals surface area contributed by atoms with Gasteiger partial charge in [0.1, 0.15) is 5.75 Å². The third-order valence-corrected chi connectivity index (χ3v) is 5.63. The molecule has 0 amide bonds. The smallest absolute Gasteiger partial charge is 0.225 e. The maximum Gasteiger partial charge on any atom is 0.225 e. The van der Waals surface area contributed by atoms with Crippen molar-refractivity contribution >= 4 is 11.5 Å². The molecule has 4 rings (SSSR count). The topological polar surface area (TPSA) is 102 Å². The number of methoxy groups -OCH3 is 4. The van der Waals surface area contributed by atoms with Crippen molar-refractivity contribution in [3.05, 3.63) is 40.5 Å². The Labute approximate surface area is 168 Å². The molecule has 8 nitrogen and oxygen atoms in total. The van der Waals surface area contributed by atoms with Gasteiger partial charge >= 0.3 is 0 Å². The van der Waals surface area contributed by atoms with Crippen molar-refractivity contribution in [2.24, 2.45) is 0 Å². The number of aliphatic hydroxyl groups is 2. The highest BCUT2D eigenvalue weighted by Crippen LogP contribution is 2.47. The van der Waals surface area contributed by atoms with Crippen molar-refractivity contribution in [1.82, 2.24) is 0 Å². The predicted octanol–water partition coefficient (Wildman–Crippen LogP) is 1.26. The second-order valence-electron chi connectivity index (χ2n) is 6.94. The van der Waals surface area contributed by atoms with Crippen LogP contribution in [-0.2, 0) is 6.42 Å². The highest BCUT2D eigenvalue weighted by molar-refractivity contribution is 5.90. The van der Waals surface area contributed by atoms with E-state index in [-0.39, 0.29) is 28.6 Å². The second kappa shape index (κ2) is 7.06. The first-order valence-corrected chi connectivity index (χ1v) is 9.17. The Kier molecular flexibility index (Phi) is 4.68. The molecule has 0 aliphatic carbocycles. The maximum absolute atomic E-state index is 11.2. The van der Waals surface area contributed by atoms with Crippen molar-refractivity contribution in [3.63, 3.8) is 0 Å². The molecule has 2 aliphatic heterocycles. The van der Waals surface area contributed by atoms with Crippen LogP contribution in [0.4, 0.5) is 0 Å². The number of aromatic hydroxyl groups is 1. The SMILES string of the molecule is COc1cc2c(cc1OC)C1=C(O)c3c(O)cc(OC)c(OC)c3C(O)[NH+]1CC2. The molecule has 2 unspecified atom stereocenters. The Balaban J connectivity index is 2.02. The summed E-state index contributed by atoms with van der Waals surface area (Å²) in [6.07, 6.45) is -0.403. The summed E-state index contributed by atoms with van der Waals surface area (Å²) in [4.78, 5) is 0.653. The Morgan fingerprint density at radius 3 is 2.17 bits per heavy atom. The molecular weight excluding hydrogens is 378 g/mol. The van der Waals surface area contributed by atoms with Gasteiger partial charge in [-0.1, -0.05) is 0 Å². The third kappa shape index (κ3) is 2.67. The molecule has 2 aromatic rings. The van der Waals surface area contributed by atoms with Gasteiger partial charge < -0.3 is 34.3 Å². The summed E-state index contributed by atoms with van der Waals surface area (Å²) in [5.41, 5.74) is 2.62. The summed E-state index contributed by atoms with van der Waals surface area (Å²) in [7, 11) is 6.01. The number of hydrogen-bond acceptors (Lipinski definition) is 7. The highest BCUT2D eigenvalue weighted by Gasteiger charge is 2.45. The molecule has 2 aliphatic rings. The number of aliphatic hydroxyl groups excluding tert-OH is 2. The summed E-state index contributed by atoms with van der Waals surface area (Å²) in [5.74, 6) is 1.36. The number of rotatable bonds is 4. The number of ether oxygens (including phenoxy) is 4. The van der Waals surface area contributed by atoms with E-state index < -0.39 is 6.23 Å². The Morgan fingerprint density at radius 2 is 1.55 bits per heavy atom. The van der Waals surface area contributed by atoms with Gasteiger partial charge in [-0.3, -0.25) is 4.90 Å². The van der Waals surface area contributed by atoms with Crippen LogP contribution in [0.25, 0.3) is 11.5 Å². The van der Waals surface area contributed by atoms with Gasteiger partial charge in [-0.15, -0.1) is 0 Å². The molecule has 2 aromatic carbocycles. The van der Waals surface area contributed by atoms with Crippen LogP contribution in [-0.4, -0.2) is 50.3 Å². The lowest BCUT2D eigenvalue weighted by molar-refractivity contribution is -0.889. The van der Waals surface area contributed by atoms with Crippen LogP contribution >= 0.6 is 0 Å². The van der Waals surface area contributed by atoms with Crippen LogP contribution in [0.2, 0.25) is 0 Å². The fourth-order valence-electron chi connectivity index (χ4n) is 4.30. The van der Waals surface area contributed by atoms with E-state index in [1.54, 1.807) is 20.3 Å². The maximum atomic E-state index is 11.2. The molecular formula is C21H24NO7+. The van der Waals surface area contributed by atoms with Gasteiger partial charge in [0.25, 0.3) is 0 Å². The molecule has 2 atom stereocenters. The Morgan fingerprint density at radius 1 is 0.897 bits per heavy atom. The largest absolute Gasteiger partial charge is 0.507 e. The quantitative estimate of drug-likeness (QED) is 0.611. The average molecular weight is 402 g/mol. The minimum Gasteiger partial charge on any atom is -0.507 e. The van der Waals surface area contributed by atoms with Gasteiger partial charge in [0.2, 0.25) is 6.23 Å². The van der Waals surface area contributed by atoms with Crippen LogP contribution in [0.15, 0.2) is 18.2 Å². The van der Waals surface area contributed by atoms with E-state index in [2.05, 4.69) is 0 Å². The number of hydrogen-bond donors (Lipinski definition) is 4. The van der Waals surface area contributed by atoms with E-state index in [4.69, 9.17) is 18.9 Å². The Bertz CT molecular complexity index is 1010. The van der Waals surface area contributed by atoms with E-state index in [0.29, 0.717) is 40.6 Å². The van der Waals surface area contributed by atoms with E-state index in [9.17, 15) is 15.3 Å². The fourth-order valence-corrected chi connectivity index (χ4v) is 4.30. The zero-order valence-electron chi connectivity index (χ0n) is 16.7. The first-order valence-electron chi connectivity index (χ1n) is 9.17. The van der Waals surface area contributed by atoms with E-state index >= 15 is 0 Å². The van der Waals surface area contributed by atoms with Crippen LogP contribution in [0.1, 0.15) is 28.5 Å². The first-order chi connectivity index (χ1) is 14.0. The number of fused-ring (bicyclic) bond motifs is 4. The average Bonchev–Trinajstić information content (AvgIpc) is 2.74. The van der Waals surface area contributed by atoms with E-state index in [0.717, 1.165) is 11.1 Å². The lowest BCUT2D eigenvalue weighted by atomic mass is 9.87. The lowest BCUT2D eigenvalue weighted by Gasteiger charge is -2.37. The Hall–Kier alpha value is -3.10. The summed E-state index contributed by atoms with van der Waals surface area (Å²) in [6, 6.07) is 5.03. The number of benzene rings is 2. The van der Waals surface area contributed by atoms with Crippen molar-refractivity contribution < 1.29 is 39.2 Å². The molecule has 0 aromatic heterocycles. The molecule has 8 heteroatoms. The number of phenolic OH excluding ortho intramolecular Hbond substituents is 1. The minimum absolute atomic E-state index is 0.119. The van der Waals surface area contributed by atoms with Crippen molar-refractivity contribution in [1.29, 1.82) is 0 Å². The van der Waals surface area contributed by atoms with Gasteiger partial charge in [0, 0.05) is 18.1 Å². The van der Waals surface area contributed by atoms with Gasteiger partial charge in [0.05, 0.1) is 46.1 Å². The summed E-state index contributed by atoms with van der Waals surface area (Å²) < 4.78 is 21.5. The molecule has 29 heavy (non-hydrogen) atoms. The molecule has 0 radical (unpaired) electrons. The van der Waals surface area contributed by atoms with Crippen molar-refractivity contribution in [3.8, 4) is 28.7 Å². The summed E-state index contributed by atoms with van der Waals surface area (Å²) in [5, 5.41) is 33.0. The molecule has 2 heterocycles. The third-order valence-electron chi connectivity index (χ3n) is 5.63. The van der Waals surface area contributed by atoms with Gasteiger partial charge in [-0.05, 0) is 17.7 Å². The molecule has 0 fully saturated rings. The van der Waals surface area contributed by atoms with Crippen molar-refractivity contribution in [2.75, 3.05) is 35.0 Å². The number of phenols is 1. The van der Waals surface area contributed by atoms with Crippen LogP contribution < -0.4 is 23.8 Å². The lowest BCUT2D eigenvalue weighted by Crippen LogP contribution is -3.11. The molecule has 0 spiro atoms. The molecule has 0 saturated carbocycles. The summed E-state index contributed by atoms with van der Waals surface area (Å²) in [6.45, 7) is 0.531. The zero-order chi connectivity index (χ0) is 20.9. The molecule has 4 N–H and O–H groups in total. The van der Waals surface area contributed by atoms with Crippen LogP contribution in [0.5, 0.6) is 28.7 Å². The predicted molar refractivity (Wildman–Crippen MR) is 105 cm³/mol. The van der Waals surface area contributed by atoms with E-state index in [1.807, 2.05) is 6.07 Å². The zero-order valence-corrected chi connectivity index (χ0v) is 16.7. The van der Waals surface area contributed by atoms with Gasteiger partial charge in [-0.25, -0.2) is 0 Å². The molecule has 0 bridgehead atoms. The van der Waals surface area contributed by atoms with Gasteiger partial charge in [-0.2, -0.15) is 0 Å². The fraction of sp³-hybridized carbons (Fsp3) is 0.333. The summed E-state index contributed by atoms with van der Waals surface area (Å²) >= 11 is 0. The van der Waals surface area contributed by atoms with Crippen molar-refractivity contribution in [2.45, 2.75) is 12.6 Å². The highest BCUT2D eigenvalue weighted by atomic mass is 16.5. The minimum atomic E-state index is -1.06. The first kappa shape index (κ1) is 19.2. The molecule has 0 saturated heterocycles. The monoisotopic (exact) mass is 402 g/mol. The number of nitrogens with one attached hydrogen (secondary N) is 1. The van der Waals surface area contributed by atoms with Crippen LogP contribution in [0, 0.1) is 0 Å². The second-order valence-corrected chi connectivity index (χ2v) is 6.94.